The molecule has 0 atom stereocenters. The van der Waals surface area contributed by atoms with Crippen molar-refractivity contribution in [3.8, 4) is 22.5 Å². The van der Waals surface area contributed by atoms with Crippen molar-refractivity contribution in [2.75, 3.05) is 10.6 Å². The van der Waals surface area contributed by atoms with Crippen LogP contribution in [0.5, 0.6) is 0 Å². The van der Waals surface area contributed by atoms with E-state index in [-0.39, 0.29) is 0 Å². The van der Waals surface area contributed by atoms with Crippen molar-refractivity contribution in [1.29, 1.82) is 0 Å². The van der Waals surface area contributed by atoms with Crippen LogP contribution < -0.4 is 10.6 Å². The number of anilines is 2. The number of halogens is 1. The van der Waals surface area contributed by atoms with Crippen molar-refractivity contribution in [1.82, 2.24) is 19.6 Å². The Hall–Kier alpha value is -3.12. The highest BCUT2D eigenvalue weighted by Gasteiger charge is 2.20. The van der Waals surface area contributed by atoms with Gasteiger partial charge < -0.3 is 10.6 Å². The smallest absolute Gasteiger partial charge is 0.223 e. The largest absolute Gasteiger partial charge is 0.367 e. The van der Waals surface area contributed by atoms with Crippen LogP contribution in [0.3, 0.4) is 0 Å². The average molecular weight is 473 g/mol. The second-order valence-electron chi connectivity index (χ2n) is 9.49. The van der Waals surface area contributed by atoms with Crippen LogP contribution in [-0.4, -0.2) is 31.7 Å². The zero-order valence-electron chi connectivity index (χ0n) is 19.2. The summed E-state index contributed by atoms with van der Waals surface area (Å²) in [6.07, 6.45) is 11.7. The maximum absolute atomic E-state index is 6.28. The lowest BCUT2D eigenvalue weighted by molar-refractivity contribution is 0.742. The normalized spacial score (nSPS) is 17.0. The molecule has 4 aromatic rings. The summed E-state index contributed by atoms with van der Waals surface area (Å²) in [6.45, 7) is 0. The second kappa shape index (κ2) is 9.26. The van der Waals surface area contributed by atoms with Crippen LogP contribution in [0.4, 0.5) is 11.8 Å². The molecular weight excluding hydrogens is 444 g/mol. The third-order valence-corrected chi connectivity index (χ3v) is 7.30. The molecule has 3 aromatic heterocycles. The van der Waals surface area contributed by atoms with Crippen molar-refractivity contribution in [2.24, 2.45) is 0 Å². The van der Waals surface area contributed by atoms with Crippen molar-refractivity contribution in [3.05, 3.63) is 59.8 Å². The molecule has 0 aliphatic heterocycles. The molecule has 0 saturated heterocycles. The van der Waals surface area contributed by atoms with Gasteiger partial charge in [0, 0.05) is 34.4 Å². The van der Waals surface area contributed by atoms with Gasteiger partial charge in [-0.1, -0.05) is 49.4 Å². The number of fused-ring (bicyclic) bond motifs is 1. The highest BCUT2D eigenvalue weighted by atomic mass is 35.5. The van der Waals surface area contributed by atoms with Crippen LogP contribution in [0, 0.1) is 0 Å². The molecule has 2 fully saturated rings. The first-order valence-electron chi connectivity index (χ1n) is 12.4. The Balaban J connectivity index is 1.42. The monoisotopic (exact) mass is 472 g/mol. The van der Waals surface area contributed by atoms with Gasteiger partial charge in [-0.15, -0.1) is 0 Å². The average Bonchev–Trinajstić information content (AvgIpc) is 3.62. The van der Waals surface area contributed by atoms with Crippen LogP contribution in [0.25, 0.3) is 28.0 Å². The highest BCUT2D eigenvalue weighted by molar-refractivity contribution is 6.30. The van der Waals surface area contributed by atoms with Crippen LogP contribution in [-0.2, 0) is 0 Å². The molecule has 6 rings (SSSR count). The molecule has 2 saturated carbocycles. The topological polar surface area (TPSA) is 67.1 Å². The fourth-order valence-electron chi connectivity index (χ4n) is 5.30. The number of hydrogen-bond acceptors (Lipinski definition) is 5. The Morgan fingerprint density at radius 3 is 2.35 bits per heavy atom. The quantitative estimate of drug-likeness (QED) is 0.322. The first-order valence-corrected chi connectivity index (χ1v) is 12.8. The maximum atomic E-state index is 6.28. The van der Waals surface area contributed by atoms with Crippen LogP contribution in [0.2, 0.25) is 5.02 Å². The summed E-state index contributed by atoms with van der Waals surface area (Å²) in [6, 6.07) is 17.2. The Morgan fingerprint density at radius 1 is 0.824 bits per heavy atom. The van der Waals surface area contributed by atoms with Gasteiger partial charge in [0.25, 0.3) is 0 Å². The Kier molecular flexibility index (Phi) is 5.83. The van der Waals surface area contributed by atoms with Crippen molar-refractivity contribution >= 4 is 28.9 Å². The van der Waals surface area contributed by atoms with E-state index in [0.29, 0.717) is 23.1 Å². The minimum atomic E-state index is 0.470. The molecule has 34 heavy (non-hydrogen) atoms. The van der Waals surface area contributed by atoms with Gasteiger partial charge in [-0.05, 0) is 62.1 Å². The molecule has 174 valence electrons. The summed E-state index contributed by atoms with van der Waals surface area (Å²) in [5.41, 5.74) is 4.84. The standard InChI is InChI=1S/C27H29ClN6/c28-19-7-5-6-18(16-19)24-17-25-22(12-13-26(34(25)33-24)30-20-8-1-2-9-20)23-14-15-29-27(32-23)31-21-10-3-4-11-21/h5-7,12-17,20-21,30H,1-4,8-11H2,(H,29,31,32). The molecular formula is C27H29ClN6. The summed E-state index contributed by atoms with van der Waals surface area (Å²) in [7, 11) is 0. The molecule has 7 heteroatoms. The van der Waals surface area contributed by atoms with Crippen LogP contribution in [0.15, 0.2) is 54.7 Å². The van der Waals surface area contributed by atoms with Crippen molar-refractivity contribution in [3.63, 3.8) is 0 Å². The predicted molar refractivity (Wildman–Crippen MR) is 138 cm³/mol. The molecule has 0 bridgehead atoms. The van der Waals surface area contributed by atoms with Gasteiger partial charge in [-0.2, -0.15) is 5.10 Å². The van der Waals surface area contributed by atoms with E-state index in [9.17, 15) is 0 Å². The zero-order chi connectivity index (χ0) is 22.9. The van der Waals surface area contributed by atoms with Gasteiger partial charge in [0.1, 0.15) is 5.82 Å². The number of nitrogens with one attached hydrogen (secondary N) is 2. The van der Waals surface area contributed by atoms with E-state index < -0.39 is 0 Å². The highest BCUT2D eigenvalue weighted by Crippen LogP contribution is 2.32. The van der Waals surface area contributed by atoms with E-state index in [1.807, 2.05) is 41.0 Å². The predicted octanol–water partition coefficient (Wildman–Crippen LogP) is 6.82. The number of nitrogens with zero attached hydrogens (tertiary/aromatic N) is 4. The Labute approximate surface area is 204 Å². The lowest BCUT2D eigenvalue weighted by Gasteiger charge is -2.16. The van der Waals surface area contributed by atoms with Crippen molar-refractivity contribution < 1.29 is 0 Å². The second-order valence-corrected chi connectivity index (χ2v) is 9.92. The van der Waals surface area contributed by atoms with Gasteiger partial charge in [0.05, 0.1) is 16.9 Å². The summed E-state index contributed by atoms with van der Waals surface area (Å²) in [5, 5.41) is 13.0. The first kappa shape index (κ1) is 21.4. The van der Waals surface area contributed by atoms with E-state index in [1.54, 1.807) is 0 Å². The van der Waals surface area contributed by atoms with Crippen LogP contribution >= 0.6 is 11.6 Å². The lowest BCUT2D eigenvalue weighted by atomic mass is 10.1. The molecule has 3 heterocycles. The van der Waals surface area contributed by atoms with Gasteiger partial charge in [-0.3, -0.25) is 0 Å². The molecule has 6 nitrogen and oxygen atoms in total. The molecule has 1 aromatic carbocycles. The fraction of sp³-hybridized carbons (Fsp3) is 0.370. The first-order chi connectivity index (χ1) is 16.7. The minimum absolute atomic E-state index is 0.470. The third-order valence-electron chi connectivity index (χ3n) is 7.07. The number of pyridine rings is 1. The Morgan fingerprint density at radius 2 is 1.59 bits per heavy atom. The molecule has 2 aliphatic rings. The van der Waals surface area contributed by atoms with Gasteiger partial charge in [0.2, 0.25) is 5.95 Å². The van der Waals surface area contributed by atoms with Gasteiger partial charge >= 0.3 is 0 Å². The molecule has 2 N–H and O–H groups in total. The third kappa shape index (κ3) is 4.34. The van der Waals surface area contributed by atoms with Gasteiger partial charge in [-0.25, -0.2) is 14.5 Å². The van der Waals surface area contributed by atoms with E-state index in [2.05, 4.69) is 33.8 Å². The van der Waals surface area contributed by atoms with E-state index in [4.69, 9.17) is 21.7 Å². The number of rotatable bonds is 6. The maximum Gasteiger partial charge on any atom is 0.223 e. The molecule has 0 amide bonds. The van der Waals surface area contributed by atoms with Crippen molar-refractivity contribution in [2.45, 2.75) is 63.5 Å². The zero-order valence-corrected chi connectivity index (χ0v) is 19.9. The number of benzene rings is 1. The summed E-state index contributed by atoms with van der Waals surface area (Å²) in [5.74, 6) is 1.71. The lowest BCUT2D eigenvalue weighted by Crippen LogP contribution is -2.17. The number of hydrogen-bond donors (Lipinski definition) is 2. The SMILES string of the molecule is Clc1cccc(-c2cc3c(-c4ccnc(NC5CCCC5)n4)ccc(NC4CCCC4)n3n2)c1. The molecule has 0 unspecified atom stereocenters. The van der Waals surface area contributed by atoms with Gasteiger partial charge in [0.15, 0.2) is 0 Å². The summed E-state index contributed by atoms with van der Waals surface area (Å²) in [4.78, 5) is 9.37. The van der Waals surface area contributed by atoms with Crippen LogP contribution in [0.1, 0.15) is 51.4 Å². The number of aromatic nitrogens is 4. The fourth-order valence-corrected chi connectivity index (χ4v) is 5.49. The molecule has 0 radical (unpaired) electrons. The summed E-state index contributed by atoms with van der Waals surface area (Å²) < 4.78 is 2.02. The Bertz CT molecular complexity index is 1300. The molecule has 0 spiro atoms. The minimum Gasteiger partial charge on any atom is -0.367 e. The summed E-state index contributed by atoms with van der Waals surface area (Å²) >= 11 is 6.28. The molecule has 2 aliphatic carbocycles. The van der Waals surface area contributed by atoms with E-state index in [1.165, 1.54) is 51.4 Å². The van der Waals surface area contributed by atoms with E-state index in [0.717, 1.165) is 33.8 Å². The van der Waals surface area contributed by atoms with E-state index >= 15 is 0 Å².